The van der Waals surface area contributed by atoms with Crippen LogP contribution >= 0.6 is 0 Å². The van der Waals surface area contributed by atoms with Gasteiger partial charge in [0.2, 0.25) is 0 Å². The summed E-state index contributed by atoms with van der Waals surface area (Å²) < 4.78 is 35.2. The van der Waals surface area contributed by atoms with Crippen molar-refractivity contribution < 1.29 is 26.9 Å². The lowest BCUT2D eigenvalue weighted by Gasteiger charge is -2.22. The van der Waals surface area contributed by atoms with E-state index >= 15 is 0 Å². The molecule has 0 amide bonds. The summed E-state index contributed by atoms with van der Waals surface area (Å²) in [4.78, 5) is 30.2. The molecule has 1 aliphatic heterocycles. The summed E-state index contributed by atoms with van der Waals surface area (Å²) in [6.45, 7) is 1.79. The Balaban J connectivity index is 1.68. The Kier molecular flexibility index (Phi) is 5.87. The quantitative estimate of drug-likeness (QED) is 0.321. The molecule has 1 atom stereocenters. The molecule has 7 nitrogen and oxygen atoms in total. The summed E-state index contributed by atoms with van der Waals surface area (Å²) in [5.41, 5.74) is 1.53. The summed E-state index contributed by atoms with van der Waals surface area (Å²) in [5.74, 6) is -2.19. The van der Waals surface area contributed by atoms with Crippen molar-refractivity contribution in [1.82, 2.24) is 0 Å². The van der Waals surface area contributed by atoms with E-state index in [0.29, 0.717) is 16.8 Å². The first-order chi connectivity index (χ1) is 15.4. The van der Waals surface area contributed by atoms with Gasteiger partial charge in [-0.25, -0.2) is 0 Å². The standard InChI is InChI=1S/C24H19NO6S/c1-2-30-24(27)21-22(25-20-11-7-6-10-19(20)23(21)26)16-12-14-17(15-13-16)31-32(28,29)18-8-4-3-5-9-18/h3-15,21H,2H2,1H3. The van der Waals surface area contributed by atoms with Crippen molar-refractivity contribution in [3.8, 4) is 5.75 Å². The Morgan fingerprint density at radius 1 is 0.938 bits per heavy atom. The van der Waals surface area contributed by atoms with Gasteiger partial charge in [0.1, 0.15) is 10.6 Å². The third-order valence-corrected chi connectivity index (χ3v) is 6.12. The van der Waals surface area contributed by atoms with E-state index < -0.39 is 27.8 Å². The molecule has 0 spiro atoms. The number of fused-ring (bicyclic) bond motifs is 1. The molecule has 3 aromatic rings. The number of ether oxygens (including phenoxy) is 1. The van der Waals surface area contributed by atoms with E-state index in [1.807, 2.05) is 0 Å². The third kappa shape index (κ3) is 4.17. The molecule has 0 aromatic heterocycles. The molecule has 32 heavy (non-hydrogen) atoms. The third-order valence-electron chi connectivity index (χ3n) is 4.86. The van der Waals surface area contributed by atoms with Crippen LogP contribution in [0, 0.1) is 5.92 Å². The van der Waals surface area contributed by atoms with Crippen molar-refractivity contribution in [2.75, 3.05) is 6.61 Å². The first kappa shape index (κ1) is 21.5. The van der Waals surface area contributed by atoms with Gasteiger partial charge in [0, 0.05) is 5.56 Å². The highest BCUT2D eigenvalue weighted by Gasteiger charge is 2.38. The first-order valence-electron chi connectivity index (χ1n) is 9.89. The zero-order valence-electron chi connectivity index (χ0n) is 17.1. The minimum Gasteiger partial charge on any atom is -0.465 e. The molecule has 4 rings (SSSR count). The Bertz CT molecular complexity index is 1300. The van der Waals surface area contributed by atoms with Crippen LogP contribution in [-0.4, -0.2) is 32.5 Å². The average Bonchev–Trinajstić information content (AvgIpc) is 2.80. The second-order valence-corrected chi connectivity index (χ2v) is 8.48. The van der Waals surface area contributed by atoms with Crippen LogP contribution in [0.15, 0.2) is 88.8 Å². The van der Waals surface area contributed by atoms with Gasteiger partial charge in [0.25, 0.3) is 0 Å². The Hall–Kier alpha value is -3.78. The largest absolute Gasteiger partial charge is 0.465 e. The number of esters is 1. The molecule has 1 aliphatic rings. The molecular weight excluding hydrogens is 430 g/mol. The van der Waals surface area contributed by atoms with Crippen molar-refractivity contribution in [1.29, 1.82) is 0 Å². The Morgan fingerprint density at radius 2 is 1.59 bits per heavy atom. The first-order valence-corrected chi connectivity index (χ1v) is 11.3. The maximum absolute atomic E-state index is 13.0. The highest BCUT2D eigenvalue weighted by atomic mass is 32.2. The van der Waals surface area contributed by atoms with E-state index in [2.05, 4.69) is 4.99 Å². The van der Waals surface area contributed by atoms with Gasteiger partial charge in [-0.15, -0.1) is 0 Å². The molecule has 0 fully saturated rings. The van der Waals surface area contributed by atoms with Gasteiger partial charge in [-0.05, 0) is 61.0 Å². The number of rotatable bonds is 6. The van der Waals surface area contributed by atoms with Gasteiger partial charge in [-0.2, -0.15) is 8.42 Å². The van der Waals surface area contributed by atoms with Crippen LogP contribution in [0.25, 0.3) is 0 Å². The zero-order chi connectivity index (χ0) is 22.7. The number of para-hydroxylation sites is 1. The van der Waals surface area contributed by atoms with Crippen LogP contribution < -0.4 is 4.18 Å². The molecule has 0 bridgehead atoms. The molecule has 8 heteroatoms. The smallest absolute Gasteiger partial charge is 0.339 e. The number of hydrogen-bond donors (Lipinski definition) is 0. The fourth-order valence-electron chi connectivity index (χ4n) is 3.37. The number of carbonyl (C=O) groups excluding carboxylic acids is 2. The molecule has 0 N–H and O–H groups in total. The van der Waals surface area contributed by atoms with E-state index in [9.17, 15) is 18.0 Å². The Labute approximate surface area is 185 Å². The van der Waals surface area contributed by atoms with E-state index in [0.717, 1.165) is 0 Å². The lowest BCUT2D eigenvalue weighted by molar-refractivity contribution is -0.144. The van der Waals surface area contributed by atoms with E-state index in [4.69, 9.17) is 8.92 Å². The van der Waals surface area contributed by atoms with Gasteiger partial charge in [-0.3, -0.25) is 14.6 Å². The van der Waals surface area contributed by atoms with Gasteiger partial charge in [0.15, 0.2) is 11.7 Å². The van der Waals surface area contributed by atoms with Crippen LogP contribution in [0.5, 0.6) is 5.75 Å². The van der Waals surface area contributed by atoms with Crippen LogP contribution in [-0.2, 0) is 19.6 Å². The normalized spacial score (nSPS) is 15.5. The predicted octanol–water partition coefficient (Wildman–Crippen LogP) is 3.95. The van der Waals surface area contributed by atoms with Crippen LogP contribution in [0.3, 0.4) is 0 Å². The highest BCUT2D eigenvalue weighted by molar-refractivity contribution is 7.87. The lowest BCUT2D eigenvalue weighted by atomic mass is 9.86. The summed E-state index contributed by atoms with van der Waals surface area (Å²) in [6, 6.07) is 20.6. The van der Waals surface area contributed by atoms with Gasteiger partial charge in [-0.1, -0.05) is 30.3 Å². The summed E-state index contributed by atoms with van der Waals surface area (Å²) in [5, 5.41) is 0. The SMILES string of the molecule is CCOC(=O)C1C(=O)c2ccccc2N=C1c1ccc(OS(=O)(=O)c2ccccc2)cc1. The van der Waals surface area contributed by atoms with Crippen molar-refractivity contribution >= 4 is 33.3 Å². The molecule has 0 radical (unpaired) electrons. The fourth-order valence-corrected chi connectivity index (χ4v) is 4.32. The van der Waals surface area contributed by atoms with E-state index in [1.165, 1.54) is 24.3 Å². The average molecular weight is 449 g/mol. The highest BCUT2D eigenvalue weighted by Crippen LogP contribution is 2.32. The monoisotopic (exact) mass is 449 g/mol. The summed E-state index contributed by atoms with van der Waals surface area (Å²) >= 11 is 0. The molecule has 1 heterocycles. The number of carbonyl (C=O) groups is 2. The maximum atomic E-state index is 13.0. The fraction of sp³-hybridized carbons (Fsp3) is 0.125. The predicted molar refractivity (Wildman–Crippen MR) is 118 cm³/mol. The van der Waals surface area contributed by atoms with Crippen molar-refractivity contribution in [2.24, 2.45) is 10.9 Å². The van der Waals surface area contributed by atoms with E-state index in [1.54, 1.807) is 61.5 Å². The lowest BCUT2D eigenvalue weighted by Crippen LogP contribution is -2.36. The molecular formula is C24H19NO6S. The van der Waals surface area contributed by atoms with Gasteiger partial charge in [0.05, 0.1) is 18.0 Å². The molecule has 0 saturated carbocycles. The molecule has 0 aliphatic carbocycles. The van der Waals surface area contributed by atoms with Gasteiger partial charge >= 0.3 is 16.1 Å². The van der Waals surface area contributed by atoms with Crippen LogP contribution in [0.4, 0.5) is 5.69 Å². The van der Waals surface area contributed by atoms with Crippen LogP contribution in [0.1, 0.15) is 22.8 Å². The molecule has 162 valence electrons. The second-order valence-electron chi connectivity index (χ2n) is 6.94. The van der Waals surface area contributed by atoms with Crippen molar-refractivity contribution in [3.63, 3.8) is 0 Å². The van der Waals surface area contributed by atoms with Crippen molar-refractivity contribution in [2.45, 2.75) is 11.8 Å². The zero-order valence-corrected chi connectivity index (χ0v) is 17.9. The minimum absolute atomic E-state index is 0.0327. The number of benzene rings is 3. The second kappa shape index (κ2) is 8.76. The van der Waals surface area contributed by atoms with E-state index in [-0.39, 0.29) is 23.0 Å². The van der Waals surface area contributed by atoms with Gasteiger partial charge < -0.3 is 8.92 Å². The summed E-state index contributed by atoms with van der Waals surface area (Å²) in [6.07, 6.45) is 0. The number of aliphatic imine (C=N–C) groups is 1. The topological polar surface area (TPSA) is 99.1 Å². The number of nitrogens with zero attached hydrogens (tertiary/aromatic N) is 1. The molecule has 3 aromatic carbocycles. The Morgan fingerprint density at radius 3 is 2.28 bits per heavy atom. The number of ketones is 1. The number of Topliss-reactive ketones (excluding diaryl/α,β-unsaturated/α-hetero) is 1. The maximum Gasteiger partial charge on any atom is 0.339 e. The number of hydrogen-bond acceptors (Lipinski definition) is 7. The summed E-state index contributed by atoms with van der Waals surface area (Å²) in [7, 11) is -3.99. The molecule has 1 unspecified atom stereocenters. The molecule has 0 saturated heterocycles. The van der Waals surface area contributed by atoms with Crippen molar-refractivity contribution in [3.05, 3.63) is 90.0 Å². The minimum atomic E-state index is -3.99. The van der Waals surface area contributed by atoms with Crippen LogP contribution in [0.2, 0.25) is 0 Å².